The summed E-state index contributed by atoms with van der Waals surface area (Å²) in [5, 5.41) is 2.78. The predicted molar refractivity (Wildman–Crippen MR) is 133 cm³/mol. The molecule has 35 heavy (non-hydrogen) atoms. The zero-order valence-corrected chi connectivity index (χ0v) is 20.5. The number of piperidine rings is 1. The first-order valence-electron chi connectivity index (χ1n) is 11.7. The van der Waals surface area contributed by atoms with Gasteiger partial charge in [-0.1, -0.05) is 36.8 Å². The van der Waals surface area contributed by atoms with Crippen LogP contribution in [-0.4, -0.2) is 43.3 Å². The minimum absolute atomic E-state index is 0.0562. The quantitative estimate of drug-likeness (QED) is 0.470. The zero-order chi connectivity index (χ0) is 24.7. The van der Waals surface area contributed by atoms with Crippen LogP contribution in [0.25, 0.3) is 0 Å². The summed E-state index contributed by atoms with van der Waals surface area (Å²) >= 11 is 0. The number of pyridine rings is 1. The summed E-state index contributed by atoms with van der Waals surface area (Å²) in [4.78, 5) is 17.2. The second-order valence-electron chi connectivity index (χ2n) is 8.17. The lowest BCUT2D eigenvalue weighted by molar-refractivity contribution is 0.102. The van der Waals surface area contributed by atoms with Gasteiger partial charge in [-0.15, -0.1) is 0 Å². The lowest BCUT2D eigenvalue weighted by Gasteiger charge is -2.27. The highest BCUT2D eigenvalue weighted by Gasteiger charge is 2.29. The van der Waals surface area contributed by atoms with Crippen LogP contribution < -0.4 is 14.8 Å². The molecule has 2 aromatic carbocycles. The molecule has 1 aliphatic heterocycles. The zero-order valence-electron chi connectivity index (χ0n) is 19.6. The highest BCUT2D eigenvalue weighted by molar-refractivity contribution is 7.89. The van der Waals surface area contributed by atoms with Crippen LogP contribution in [0, 0.1) is 0 Å². The van der Waals surface area contributed by atoms with Crippen LogP contribution in [0.3, 0.4) is 0 Å². The highest BCUT2D eigenvalue weighted by Crippen LogP contribution is 2.31. The van der Waals surface area contributed by atoms with Crippen molar-refractivity contribution in [3.8, 4) is 11.6 Å². The number of aromatic nitrogens is 1. The van der Waals surface area contributed by atoms with Crippen LogP contribution in [0.4, 0.5) is 5.69 Å². The third-order valence-corrected chi connectivity index (χ3v) is 7.58. The van der Waals surface area contributed by atoms with Crippen molar-refractivity contribution in [1.82, 2.24) is 9.29 Å². The molecule has 184 valence electrons. The highest BCUT2D eigenvalue weighted by atomic mass is 32.2. The molecule has 8 nitrogen and oxygen atoms in total. The Labute approximate surface area is 206 Å². The molecule has 2 heterocycles. The van der Waals surface area contributed by atoms with Crippen LogP contribution in [-0.2, 0) is 16.6 Å². The minimum Gasteiger partial charge on any atom is -0.492 e. The number of amides is 1. The lowest BCUT2D eigenvalue weighted by Crippen LogP contribution is -2.35. The molecule has 0 atom stereocenters. The number of carbonyl (C=O) groups is 1. The fourth-order valence-corrected chi connectivity index (χ4v) is 5.55. The first-order chi connectivity index (χ1) is 17.0. The van der Waals surface area contributed by atoms with E-state index in [0.717, 1.165) is 24.8 Å². The van der Waals surface area contributed by atoms with Crippen LogP contribution in [0.1, 0.15) is 42.1 Å². The van der Waals surface area contributed by atoms with Gasteiger partial charge in [-0.2, -0.15) is 4.31 Å². The third-order valence-electron chi connectivity index (χ3n) is 5.66. The smallest absolute Gasteiger partial charge is 0.255 e. The Hall–Kier alpha value is -3.43. The molecule has 0 spiro atoms. The summed E-state index contributed by atoms with van der Waals surface area (Å²) in [6.07, 6.45) is 4.18. The lowest BCUT2D eigenvalue weighted by atomic mass is 10.2. The molecule has 3 aromatic rings. The number of hydrogen-bond donors (Lipinski definition) is 1. The predicted octanol–water partition coefficient (Wildman–Crippen LogP) is 4.49. The van der Waals surface area contributed by atoms with E-state index in [1.165, 1.54) is 16.6 Å². The maximum atomic E-state index is 13.3. The molecule has 0 bridgehead atoms. The first-order valence-corrected chi connectivity index (χ1v) is 13.1. The average Bonchev–Trinajstić information content (AvgIpc) is 2.89. The molecule has 1 saturated heterocycles. The number of rotatable bonds is 9. The summed E-state index contributed by atoms with van der Waals surface area (Å²) in [5.41, 5.74) is 1.69. The van der Waals surface area contributed by atoms with Crippen LogP contribution >= 0.6 is 0 Å². The maximum absolute atomic E-state index is 13.3. The van der Waals surface area contributed by atoms with Gasteiger partial charge in [0.05, 0.1) is 6.61 Å². The van der Waals surface area contributed by atoms with Crippen LogP contribution in [0.5, 0.6) is 11.6 Å². The van der Waals surface area contributed by atoms with Crippen molar-refractivity contribution in [3.63, 3.8) is 0 Å². The molecule has 0 radical (unpaired) electrons. The van der Waals surface area contributed by atoms with Crippen molar-refractivity contribution in [2.24, 2.45) is 0 Å². The SMILES string of the molecule is CCOc1ccc(NC(=O)c2ccnc(OCc3ccccc3)c2)cc1S(=O)(=O)N1CCCCC1. The van der Waals surface area contributed by atoms with E-state index in [-0.39, 0.29) is 10.6 Å². The Bertz CT molecular complexity index is 1260. The van der Waals surface area contributed by atoms with Gasteiger partial charge in [0.2, 0.25) is 15.9 Å². The number of ether oxygens (including phenoxy) is 2. The second-order valence-corrected chi connectivity index (χ2v) is 10.1. The van der Waals surface area contributed by atoms with Crippen molar-refractivity contribution in [3.05, 3.63) is 78.0 Å². The van der Waals surface area contributed by atoms with Crippen LogP contribution in [0.2, 0.25) is 0 Å². The largest absolute Gasteiger partial charge is 0.492 e. The van der Waals surface area contributed by atoms with Gasteiger partial charge >= 0.3 is 0 Å². The maximum Gasteiger partial charge on any atom is 0.255 e. The van der Waals surface area contributed by atoms with Gasteiger partial charge in [0.25, 0.3) is 5.91 Å². The van der Waals surface area contributed by atoms with E-state index in [0.29, 0.717) is 43.4 Å². The first kappa shape index (κ1) is 24.7. The van der Waals surface area contributed by atoms with Gasteiger partial charge in [-0.3, -0.25) is 4.79 Å². The molecule has 0 aliphatic carbocycles. The number of sulfonamides is 1. The summed E-state index contributed by atoms with van der Waals surface area (Å²) in [5.74, 6) is 0.195. The van der Waals surface area contributed by atoms with Gasteiger partial charge < -0.3 is 14.8 Å². The van der Waals surface area contributed by atoms with Gasteiger partial charge in [0, 0.05) is 36.6 Å². The fraction of sp³-hybridized carbons (Fsp3) is 0.308. The Morgan fingerprint density at radius 2 is 1.77 bits per heavy atom. The van der Waals surface area contributed by atoms with Gasteiger partial charge in [0.1, 0.15) is 17.3 Å². The number of nitrogens with one attached hydrogen (secondary N) is 1. The number of carbonyl (C=O) groups excluding carboxylic acids is 1. The van der Waals surface area contributed by atoms with Crippen molar-refractivity contribution >= 4 is 21.6 Å². The van der Waals surface area contributed by atoms with Gasteiger partial charge in [-0.05, 0) is 49.6 Å². The van der Waals surface area contributed by atoms with E-state index in [1.54, 1.807) is 31.2 Å². The van der Waals surface area contributed by atoms with E-state index in [4.69, 9.17) is 9.47 Å². The van der Waals surface area contributed by atoms with Gasteiger partial charge in [-0.25, -0.2) is 13.4 Å². The molecule has 1 aromatic heterocycles. The second kappa shape index (κ2) is 11.3. The van der Waals surface area contributed by atoms with E-state index in [1.807, 2.05) is 30.3 Å². The monoisotopic (exact) mass is 495 g/mol. The molecule has 1 fully saturated rings. The minimum atomic E-state index is -3.75. The van der Waals surface area contributed by atoms with Crippen molar-refractivity contribution < 1.29 is 22.7 Å². The Morgan fingerprint density at radius 1 is 1.00 bits per heavy atom. The van der Waals surface area contributed by atoms with Crippen molar-refractivity contribution in [1.29, 1.82) is 0 Å². The number of anilines is 1. The van der Waals surface area contributed by atoms with E-state index >= 15 is 0 Å². The normalized spacial score (nSPS) is 14.3. The standard InChI is InChI=1S/C26H29N3O5S/c1-2-33-23-12-11-22(18-24(23)35(31,32)29-15-7-4-8-16-29)28-26(30)21-13-14-27-25(17-21)34-19-20-9-5-3-6-10-20/h3,5-6,9-14,17-18H,2,4,7-8,15-16,19H2,1H3,(H,28,30). The summed E-state index contributed by atoms with van der Waals surface area (Å²) < 4.78 is 39.5. The number of hydrogen-bond acceptors (Lipinski definition) is 6. The van der Waals surface area contributed by atoms with Crippen molar-refractivity contribution in [2.75, 3.05) is 25.0 Å². The molecule has 1 amide bonds. The molecule has 1 aliphatic rings. The van der Waals surface area contributed by atoms with Gasteiger partial charge in [0.15, 0.2) is 0 Å². The molecule has 0 saturated carbocycles. The topological polar surface area (TPSA) is 97.8 Å². The average molecular weight is 496 g/mol. The Morgan fingerprint density at radius 3 is 2.51 bits per heavy atom. The fourth-order valence-electron chi connectivity index (χ4n) is 3.87. The van der Waals surface area contributed by atoms with Crippen molar-refractivity contribution in [2.45, 2.75) is 37.7 Å². The molecule has 4 rings (SSSR count). The summed E-state index contributed by atoms with van der Waals surface area (Å²) in [6, 6.07) is 17.5. The van der Waals surface area contributed by atoms with Crippen LogP contribution in [0.15, 0.2) is 71.8 Å². The molecule has 0 unspecified atom stereocenters. The Balaban J connectivity index is 1.51. The molecule has 9 heteroatoms. The van der Waals surface area contributed by atoms with E-state index < -0.39 is 15.9 Å². The summed E-state index contributed by atoms with van der Waals surface area (Å²) in [6.45, 7) is 3.42. The third kappa shape index (κ3) is 6.17. The number of nitrogens with zero attached hydrogens (tertiary/aromatic N) is 2. The summed E-state index contributed by atoms with van der Waals surface area (Å²) in [7, 11) is -3.75. The van der Waals surface area contributed by atoms with E-state index in [9.17, 15) is 13.2 Å². The number of benzene rings is 2. The molecular formula is C26H29N3O5S. The molecular weight excluding hydrogens is 466 g/mol. The Kier molecular flexibility index (Phi) is 7.99. The van der Waals surface area contributed by atoms with E-state index in [2.05, 4.69) is 10.3 Å². The molecule has 1 N–H and O–H groups in total.